The third kappa shape index (κ3) is 46.0. The van der Waals surface area contributed by atoms with E-state index in [4.69, 9.17) is 31.2 Å². The lowest BCUT2D eigenvalue weighted by atomic mass is 10.1. The monoisotopic (exact) mass is 838 g/mol. The maximum atomic E-state index is 11.7. The van der Waals surface area contributed by atoms with Gasteiger partial charge in [-0.1, -0.05) is 116 Å². The van der Waals surface area contributed by atoms with Gasteiger partial charge >= 0.3 is 23.9 Å². The Labute approximate surface area is 351 Å². The first-order valence-corrected chi connectivity index (χ1v) is 21.9. The molecule has 0 saturated heterocycles. The van der Waals surface area contributed by atoms with E-state index < -0.39 is 16.9 Å². The van der Waals surface area contributed by atoms with Gasteiger partial charge in [0.1, 0.15) is 5.75 Å². The highest BCUT2D eigenvalue weighted by Crippen LogP contribution is 2.19. The molecule has 338 valence electrons. The number of nitrogens with two attached hydrogens (primary N) is 2. The van der Waals surface area contributed by atoms with Gasteiger partial charge in [-0.15, -0.1) is 0 Å². The van der Waals surface area contributed by atoms with Gasteiger partial charge in [0.05, 0.1) is 11.5 Å². The van der Waals surface area contributed by atoms with Gasteiger partial charge in [-0.05, 0) is 57.6 Å². The van der Waals surface area contributed by atoms with Crippen LogP contribution in [-0.4, -0.2) is 57.4 Å². The summed E-state index contributed by atoms with van der Waals surface area (Å²) in [5.74, 6) is -1.94. The Morgan fingerprint density at radius 1 is 0.492 bits per heavy atom. The van der Waals surface area contributed by atoms with Crippen molar-refractivity contribution in [3.8, 4) is 5.75 Å². The van der Waals surface area contributed by atoms with Crippen molar-refractivity contribution in [3.05, 3.63) is 34.4 Å². The summed E-state index contributed by atoms with van der Waals surface area (Å²) in [7, 11) is 0. The number of esters is 2. The molecule has 0 aliphatic carbocycles. The van der Waals surface area contributed by atoms with Crippen LogP contribution in [0.4, 0.5) is 5.69 Å². The Morgan fingerprint density at radius 2 is 0.780 bits per heavy atom. The van der Waals surface area contributed by atoms with Crippen molar-refractivity contribution in [3.63, 3.8) is 0 Å². The van der Waals surface area contributed by atoms with E-state index in [1.165, 1.54) is 43.5 Å². The van der Waals surface area contributed by atoms with Crippen LogP contribution in [0.3, 0.4) is 0 Å². The van der Waals surface area contributed by atoms with Gasteiger partial charge < -0.3 is 31.2 Å². The van der Waals surface area contributed by atoms with Gasteiger partial charge in [0.2, 0.25) is 11.8 Å². The van der Waals surface area contributed by atoms with Gasteiger partial charge in [-0.25, -0.2) is 0 Å². The molecule has 0 fully saturated rings. The van der Waals surface area contributed by atoms with E-state index in [2.05, 4.69) is 0 Å². The number of benzene rings is 1. The largest absolute Gasteiger partial charge is 0.481 e. The zero-order valence-electron chi connectivity index (χ0n) is 35.8. The second-order valence-electron chi connectivity index (χ2n) is 14.7. The van der Waals surface area contributed by atoms with E-state index in [1.807, 2.05) is 6.92 Å². The maximum Gasteiger partial charge on any atom is 0.311 e. The average Bonchev–Trinajstić information content (AvgIpc) is 3.17. The van der Waals surface area contributed by atoms with Crippen LogP contribution in [0.5, 0.6) is 5.75 Å². The van der Waals surface area contributed by atoms with Crippen molar-refractivity contribution in [2.24, 2.45) is 11.5 Å². The normalized spacial score (nSPS) is 10.3. The molecule has 0 saturated carbocycles. The lowest BCUT2D eigenvalue weighted by molar-refractivity contribution is -0.384. The number of primary amides is 2. The highest BCUT2D eigenvalue weighted by molar-refractivity contribution is 5.74. The number of nitrogens with zero attached hydrogens (tertiary/aromatic N) is 1. The fourth-order valence-electron chi connectivity index (χ4n) is 5.92. The summed E-state index contributed by atoms with van der Waals surface area (Å²) in [6, 6.07) is 5.47. The quantitative estimate of drug-likeness (QED) is 0.0162. The predicted octanol–water partition coefficient (Wildman–Crippen LogP) is 9.88. The number of nitro groups is 1. The van der Waals surface area contributed by atoms with Crippen LogP contribution >= 0.6 is 0 Å². The highest BCUT2D eigenvalue weighted by atomic mass is 16.6. The Balaban J connectivity index is 0. The molecule has 0 heterocycles. The van der Waals surface area contributed by atoms with E-state index in [1.54, 1.807) is 0 Å². The summed E-state index contributed by atoms with van der Waals surface area (Å²) in [4.78, 5) is 74.3. The van der Waals surface area contributed by atoms with Gasteiger partial charge in [0, 0.05) is 50.7 Å². The fraction of sp³-hybridized carbons (Fsp3) is 0.727. The van der Waals surface area contributed by atoms with Crippen LogP contribution in [0.2, 0.25) is 0 Å². The topological polar surface area (TPSA) is 257 Å². The molecule has 0 aliphatic heterocycles. The molecule has 15 nitrogen and oxygen atoms in total. The number of ether oxygens (including phenoxy) is 2. The van der Waals surface area contributed by atoms with Crippen LogP contribution in [0.1, 0.15) is 200 Å². The van der Waals surface area contributed by atoms with Gasteiger partial charge in [0.15, 0.2) is 0 Å². The van der Waals surface area contributed by atoms with E-state index in [9.17, 15) is 38.9 Å². The summed E-state index contributed by atoms with van der Waals surface area (Å²) in [6.45, 7) is 2.29. The fourth-order valence-corrected chi connectivity index (χ4v) is 5.92. The minimum Gasteiger partial charge on any atom is -0.481 e. The molecule has 2 amide bonds. The number of carbonyl (C=O) groups is 6. The van der Waals surface area contributed by atoms with Crippen LogP contribution in [0, 0.1) is 10.1 Å². The lowest BCUT2D eigenvalue weighted by Gasteiger charge is -2.04. The van der Waals surface area contributed by atoms with Crippen molar-refractivity contribution in [2.75, 3.05) is 6.61 Å². The molecule has 0 spiro atoms. The Hall–Kier alpha value is -4.56. The smallest absolute Gasteiger partial charge is 0.311 e. The molecule has 1 rings (SSSR count). The Morgan fingerprint density at radius 3 is 1.07 bits per heavy atom. The number of rotatable bonds is 36. The van der Waals surface area contributed by atoms with E-state index in [0.29, 0.717) is 50.9 Å². The zero-order chi connectivity index (χ0) is 44.4. The summed E-state index contributed by atoms with van der Waals surface area (Å²) in [5, 5.41) is 27.4. The first-order valence-electron chi connectivity index (χ1n) is 21.9. The van der Waals surface area contributed by atoms with Crippen LogP contribution in [0.15, 0.2) is 24.3 Å². The number of unbranched alkanes of at least 4 members (excludes halogenated alkanes) is 21. The molecular weight excluding hydrogens is 762 g/mol. The molecule has 0 bridgehead atoms. The molecule has 1 aromatic carbocycles. The van der Waals surface area contributed by atoms with Crippen molar-refractivity contribution in [2.45, 2.75) is 200 Å². The summed E-state index contributed by atoms with van der Waals surface area (Å²) in [6.07, 6.45) is 27.2. The molecule has 0 aromatic heterocycles. The second kappa shape index (κ2) is 41.6. The van der Waals surface area contributed by atoms with Crippen molar-refractivity contribution < 1.29 is 53.4 Å². The average molecular weight is 838 g/mol. The number of carboxylic acids is 2. The summed E-state index contributed by atoms with van der Waals surface area (Å²) >= 11 is 0. The number of amides is 2. The molecule has 59 heavy (non-hydrogen) atoms. The molecular formula is C44H75N3O12. The van der Waals surface area contributed by atoms with E-state index in [-0.39, 0.29) is 29.4 Å². The zero-order valence-corrected chi connectivity index (χ0v) is 35.8. The summed E-state index contributed by atoms with van der Waals surface area (Å²) in [5.41, 5.74) is 10.1. The van der Waals surface area contributed by atoms with Gasteiger partial charge in [-0.2, -0.15) is 0 Å². The number of carbonyl (C=O) groups excluding carboxylic acids is 4. The SMILES string of the molecule is CCOC(=O)CCCCCCCCCCC(=O)O.NC(=O)CCCCCCCCCCC(=O)O.NC(=O)CCCCCCCCCCC(=O)Oc1ccc([N+](=O)[O-])cc1. The summed E-state index contributed by atoms with van der Waals surface area (Å²) < 4.78 is 9.99. The molecule has 0 unspecified atom stereocenters. The van der Waals surface area contributed by atoms with Crippen LogP contribution < -0.4 is 16.2 Å². The predicted molar refractivity (Wildman–Crippen MR) is 228 cm³/mol. The van der Waals surface area contributed by atoms with E-state index >= 15 is 0 Å². The third-order valence-electron chi connectivity index (χ3n) is 9.22. The van der Waals surface area contributed by atoms with Gasteiger partial charge in [-0.3, -0.25) is 38.9 Å². The first kappa shape index (κ1) is 56.5. The van der Waals surface area contributed by atoms with Gasteiger partial charge in [0.25, 0.3) is 5.69 Å². The minimum absolute atomic E-state index is 0.0329. The Bertz CT molecular complexity index is 1250. The first-order chi connectivity index (χ1) is 28.3. The van der Waals surface area contributed by atoms with Crippen molar-refractivity contribution in [1.82, 2.24) is 0 Å². The molecule has 0 atom stereocenters. The van der Waals surface area contributed by atoms with Crippen molar-refractivity contribution >= 4 is 41.4 Å². The highest BCUT2D eigenvalue weighted by Gasteiger charge is 2.08. The lowest BCUT2D eigenvalue weighted by Crippen LogP contribution is -2.09. The minimum atomic E-state index is -0.702. The third-order valence-corrected chi connectivity index (χ3v) is 9.22. The number of non-ortho nitro benzene ring substituents is 1. The Kier molecular flexibility index (Phi) is 39.9. The number of hydrogen-bond donors (Lipinski definition) is 4. The number of aliphatic carboxylic acids is 2. The number of hydrogen-bond acceptors (Lipinski definition) is 10. The second-order valence-corrected chi connectivity index (χ2v) is 14.7. The standard InChI is InChI=1S/C18H26N2O5.C14H26O4.C12H23NO3/c19-17(21)9-7-5-3-1-2-4-6-8-10-18(22)25-16-13-11-15(12-14-16)20(23)24;1-2-18-14(17)12-10-8-6-4-3-5-7-9-11-13(15)16;13-11(14)9-7-5-3-1-2-4-6-8-10-12(15)16/h11-14H,1-10H2,(H2,19,21);2-12H2,1H3,(H,15,16);1-10H2,(H2,13,14)(H,15,16). The molecule has 1 aromatic rings. The molecule has 0 aliphatic rings. The number of carboxylic acid groups (broad SMARTS) is 2. The van der Waals surface area contributed by atoms with Crippen LogP contribution in [0.25, 0.3) is 0 Å². The molecule has 0 radical (unpaired) electrons. The van der Waals surface area contributed by atoms with E-state index in [0.717, 1.165) is 135 Å². The van der Waals surface area contributed by atoms with Crippen molar-refractivity contribution in [1.29, 1.82) is 0 Å². The van der Waals surface area contributed by atoms with Crippen LogP contribution in [-0.2, 0) is 33.5 Å². The maximum absolute atomic E-state index is 11.7. The number of nitro benzene ring substituents is 1. The molecule has 6 N–H and O–H groups in total. The molecule has 15 heteroatoms.